The highest BCUT2D eigenvalue weighted by molar-refractivity contribution is 14.1. The minimum absolute atomic E-state index is 0.0892. The van der Waals surface area contributed by atoms with Gasteiger partial charge in [0.2, 0.25) is 0 Å². The van der Waals surface area contributed by atoms with Crippen LogP contribution in [0.3, 0.4) is 0 Å². The van der Waals surface area contributed by atoms with E-state index in [4.69, 9.17) is 9.73 Å². The van der Waals surface area contributed by atoms with Crippen molar-refractivity contribution in [2.24, 2.45) is 4.99 Å². The minimum Gasteiger partial charge on any atom is -0.504 e. The average Bonchev–Trinajstić information content (AvgIpc) is 3.11. The fourth-order valence-corrected chi connectivity index (χ4v) is 5.08. The fraction of sp³-hybridized carbons (Fsp3) is 0.120. The number of nitrogens with zero attached hydrogens (tertiary/aromatic N) is 2. The average molecular weight is 556 g/mol. The van der Waals surface area contributed by atoms with Crippen LogP contribution in [-0.2, 0) is 4.79 Å². The van der Waals surface area contributed by atoms with Gasteiger partial charge in [0, 0.05) is 0 Å². The summed E-state index contributed by atoms with van der Waals surface area (Å²) in [5.41, 5.74) is 2.59. The number of halogens is 1. The number of amides is 1. The number of hydrogen-bond acceptors (Lipinski definition) is 5. The summed E-state index contributed by atoms with van der Waals surface area (Å²) in [6.07, 6.45) is 1.81. The van der Waals surface area contributed by atoms with Gasteiger partial charge in [-0.2, -0.15) is 0 Å². The molecule has 4 rings (SSSR count). The van der Waals surface area contributed by atoms with Gasteiger partial charge >= 0.3 is 0 Å². The molecule has 0 aliphatic carbocycles. The first-order chi connectivity index (χ1) is 15.5. The van der Waals surface area contributed by atoms with Crippen LogP contribution < -0.4 is 4.74 Å². The lowest BCUT2D eigenvalue weighted by Crippen LogP contribution is -2.32. The van der Waals surface area contributed by atoms with Crippen LogP contribution in [0.25, 0.3) is 6.08 Å². The number of amidine groups is 1. The number of hydrogen-bond donors (Lipinski definition) is 1. The van der Waals surface area contributed by atoms with E-state index in [1.54, 1.807) is 11.0 Å². The second kappa shape index (κ2) is 9.79. The molecule has 1 aliphatic rings. The van der Waals surface area contributed by atoms with Crippen LogP contribution in [0.2, 0.25) is 0 Å². The number of aliphatic imine (C=N–C) groups is 1. The van der Waals surface area contributed by atoms with Crippen LogP contribution in [0.1, 0.15) is 24.1 Å². The molecule has 1 aliphatic heterocycles. The molecular weight excluding hydrogens is 535 g/mol. The summed E-state index contributed by atoms with van der Waals surface area (Å²) in [7, 11) is 1.51. The van der Waals surface area contributed by atoms with Gasteiger partial charge < -0.3 is 9.84 Å². The van der Waals surface area contributed by atoms with E-state index in [0.29, 0.717) is 19.4 Å². The third kappa shape index (κ3) is 4.68. The zero-order chi connectivity index (χ0) is 22.7. The molecule has 0 spiro atoms. The third-order valence-electron chi connectivity index (χ3n) is 5.06. The first-order valence-electron chi connectivity index (χ1n) is 9.96. The number of aromatic hydroxyl groups is 1. The van der Waals surface area contributed by atoms with Crippen molar-refractivity contribution < 1.29 is 14.6 Å². The number of rotatable bonds is 5. The van der Waals surface area contributed by atoms with Crippen molar-refractivity contribution >= 4 is 57.2 Å². The summed E-state index contributed by atoms with van der Waals surface area (Å²) in [6.45, 7) is 2.00. The van der Waals surface area contributed by atoms with Gasteiger partial charge in [0.05, 0.1) is 27.3 Å². The van der Waals surface area contributed by atoms with E-state index in [1.165, 1.54) is 18.9 Å². The maximum absolute atomic E-state index is 13.5. The summed E-state index contributed by atoms with van der Waals surface area (Å²) >= 11 is 3.39. The van der Waals surface area contributed by atoms with Gasteiger partial charge in [0.15, 0.2) is 16.7 Å². The Morgan fingerprint density at radius 2 is 1.75 bits per heavy atom. The van der Waals surface area contributed by atoms with Gasteiger partial charge in [-0.1, -0.05) is 48.5 Å². The Kier molecular flexibility index (Phi) is 6.86. The van der Waals surface area contributed by atoms with E-state index in [-0.39, 0.29) is 17.7 Å². The molecule has 1 N–H and O–H groups in total. The van der Waals surface area contributed by atoms with Crippen molar-refractivity contribution in [3.63, 3.8) is 0 Å². The molecule has 162 valence electrons. The lowest BCUT2D eigenvalue weighted by atomic mass is 10.1. The SMILES string of the molecule is COc1cc(/C=C2/SC(=Nc3ccccc3)N([C@H](C)c3ccccc3)C2=O)cc(I)c1O. The maximum Gasteiger partial charge on any atom is 0.267 e. The zero-order valence-corrected chi connectivity index (χ0v) is 20.5. The highest BCUT2D eigenvalue weighted by atomic mass is 127. The first kappa shape index (κ1) is 22.4. The summed E-state index contributed by atoms with van der Waals surface area (Å²) < 4.78 is 5.92. The third-order valence-corrected chi connectivity index (χ3v) is 6.86. The van der Waals surface area contributed by atoms with E-state index in [0.717, 1.165) is 16.8 Å². The Balaban J connectivity index is 1.76. The Bertz CT molecular complexity index is 1200. The molecule has 1 amide bonds. The standard InChI is InChI=1S/C25H21IN2O3S/c1-16(18-9-5-3-6-10-18)28-24(30)22(32-25(28)27-19-11-7-4-8-12-19)15-17-13-20(26)23(29)21(14-17)31-2/h3-16,29H,1-2H3/b22-15+,27-25?/t16-/m1/s1. The number of carbonyl (C=O) groups excluding carboxylic acids is 1. The predicted molar refractivity (Wildman–Crippen MR) is 138 cm³/mol. The van der Waals surface area contributed by atoms with Gasteiger partial charge in [-0.3, -0.25) is 9.69 Å². The van der Waals surface area contributed by atoms with E-state index in [2.05, 4.69) is 0 Å². The van der Waals surface area contributed by atoms with Crippen LogP contribution >= 0.6 is 34.4 Å². The molecular formula is C25H21IN2O3S. The van der Waals surface area contributed by atoms with Gasteiger partial charge in [0.25, 0.3) is 5.91 Å². The summed E-state index contributed by atoms with van der Waals surface area (Å²) in [4.78, 5) is 20.6. The molecule has 3 aromatic carbocycles. The number of phenols is 1. The summed E-state index contributed by atoms with van der Waals surface area (Å²) in [5.74, 6) is 0.348. The number of phenolic OH excluding ortho intramolecular Hbond substituents is 1. The number of para-hydroxylation sites is 1. The number of carbonyl (C=O) groups is 1. The molecule has 0 bridgehead atoms. The largest absolute Gasteiger partial charge is 0.504 e. The van der Waals surface area contributed by atoms with Crippen LogP contribution in [0.15, 0.2) is 82.7 Å². The minimum atomic E-state index is -0.181. The second-order valence-electron chi connectivity index (χ2n) is 7.16. The van der Waals surface area contributed by atoms with Gasteiger partial charge in [-0.05, 0) is 82.7 Å². The van der Waals surface area contributed by atoms with E-state index < -0.39 is 0 Å². The first-order valence-corrected chi connectivity index (χ1v) is 11.9. The fourth-order valence-electron chi connectivity index (χ4n) is 3.38. The van der Waals surface area contributed by atoms with Crippen LogP contribution in [0, 0.1) is 3.57 Å². The lowest BCUT2D eigenvalue weighted by Gasteiger charge is -2.24. The zero-order valence-electron chi connectivity index (χ0n) is 17.5. The quantitative estimate of drug-likeness (QED) is 0.293. The molecule has 3 aromatic rings. The molecule has 5 nitrogen and oxygen atoms in total. The predicted octanol–water partition coefficient (Wildman–Crippen LogP) is 6.37. The molecule has 1 saturated heterocycles. The molecule has 0 aromatic heterocycles. The highest BCUT2D eigenvalue weighted by Gasteiger charge is 2.37. The molecule has 0 unspecified atom stereocenters. The van der Waals surface area contributed by atoms with Crippen molar-refractivity contribution in [3.8, 4) is 11.5 Å². The van der Waals surface area contributed by atoms with Crippen molar-refractivity contribution in [1.82, 2.24) is 4.90 Å². The Labute approximate surface area is 205 Å². The molecule has 0 saturated carbocycles. The van der Waals surface area contributed by atoms with Crippen LogP contribution in [0.5, 0.6) is 11.5 Å². The molecule has 0 radical (unpaired) electrons. The van der Waals surface area contributed by atoms with Crippen molar-refractivity contribution in [2.45, 2.75) is 13.0 Å². The monoisotopic (exact) mass is 556 g/mol. The highest BCUT2D eigenvalue weighted by Crippen LogP contribution is 2.40. The Hall–Kier alpha value is -2.78. The number of benzene rings is 3. The maximum atomic E-state index is 13.5. The molecule has 32 heavy (non-hydrogen) atoms. The summed E-state index contributed by atoms with van der Waals surface area (Å²) in [6, 6.07) is 22.9. The van der Waals surface area contributed by atoms with E-state index in [1.807, 2.05) is 102 Å². The molecule has 1 atom stereocenters. The lowest BCUT2D eigenvalue weighted by molar-refractivity contribution is -0.123. The van der Waals surface area contributed by atoms with Crippen molar-refractivity contribution in [2.75, 3.05) is 7.11 Å². The van der Waals surface area contributed by atoms with Gasteiger partial charge in [-0.25, -0.2) is 4.99 Å². The van der Waals surface area contributed by atoms with Crippen molar-refractivity contribution in [1.29, 1.82) is 0 Å². The van der Waals surface area contributed by atoms with Gasteiger partial charge in [-0.15, -0.1) is 0 Å². The van der Waals surface area contributed by atoms with Crippen molar-refractivity contribution in [3.05, 3.63) is 92.4 Å². The number of methoxy groups -OCH3 is 1. The Morgan fingerprint density at radius 1 is 1.09 bits per heavy atom. The number of thioether (sulfide) groups is 1. The second-order valence-corrected chi connectivity index (χ2v) is 9.33. The molecule has 1 fully saturated rings. The topological polar surface area (TPSA) is 62.1 Å². The van der Waals surface area contributed by atoms with Gasteiger partial charge in [0.1, 0.15) is 0 Å². The number of ether oxygens (including phenoxy) is 1. The normalized spacial score (nSPS) is 17.2. The molecule has 7 heteroatoms. The smallest absolute Gasteiger partial charge is 0.267 e. The van der Waals surface area contributed by atoms with Crippen LogP contribution in [0.4, 0.5) is 5.69 Å². The Morgan fingerprint density at radius 3 is 2.41 bits per heavy atom. The van der Waals surface area contributed by atoms with E-state index in [9.17, 15) is 9.90 Å². The van der Waals surface area contributed by atoms with E-state index >= 15 is 0 Å². The van der Waals surface area contributed by atoms with Crippen LogP contribution in [-0.4, -0.2) is 28.2 Å². The molecule has 1 heterocycles. The summed E-state index contributed by atoms with van der Waals surface area (Å²) in [5, 5.41) is 10.8.